The monoisotopic (exact) mass is 410 g/mol. The molecule has 1 aromatic heterocycles. The van der Waals surface area contributed by atoms with E-state index in [9.17, 15) is 10.2 Å². The van der Waals surface area contributed by atoms with Crippen LogP contribution in [0, 0.1) is 0 Å². The maximum absolute atomic E-state index is 11.0. The standard InChI is InChI=1S/C22H30N6O2/c23-21-19(11-18(25-26-21)17-3-1-2-4-20(17)29)27-12-15-5-6-16(13-27)28(15)14-22(30)7-9-24-10-8-22/h1-4,11,15-16,24,29-30H,5-10,12-14H2,(H2,23,26). The fourth-order valence-corrected chi connectivity index (χ4v) is 5.30. The van der Waals surface area contributed by atoms with Crippen LogP contribution in [0.1, 0.15) is 25.7 Å². The van der Waals surface area contributed by atoms with Gasteiger partial charge in [-0.1, -0.05) is 12.1 Å². The molecule has 8 nitrogen and oxygen atoms in total. The molecule has 2 bridgehead atoms. The van der Waals surface area contributed by atoms with Crippen molar-refractivity contribution < 1.29 is 10.2 Å². The summed E-state index contributed by atoms with van der Waals surface area (Å²) in [6, 6.07) is 9.90. The van der Waals surface area contributed by atoms with Gasteiger partial charge in [-0.25, -0.2) is 0 Å². The molecule has 5 rings (SSSR count). The summed E-state index contributed by atoms with van der Waals surface area (Å²) in [7, 11) is 0. The van der Waals surface area contributed by atoms with Crippen LogP contribution in [0.3, 0.4) is 0 Å². The normalized spacial score (nSPS) is 26.1. The van der Waals surface area contributed by atoms with Crippen LogP contribution < -0.4 is 16.0 Å². The predicted octanol–water partition coefficient (Wildman–Crippen LogP) is 1.20. The van der Waals surface area contributed by atoms with Crippen LogP contribution in [0.2, 0.25) is 0 Å². The highest BCUT2D eigenvalue weighted by Gasteiger charge is 2.44. The number of piperidine rings is 1. The molecule has 0 saturated carbocycles. The number of phenolic OH excluding ortho intramolecular Hbond substituents is 1. The first-order chi connectivity index (χ1) is 14.5. The number of nitrogen functional groups attached to an aromatic ring is 1. The van der Waals surface area contributed by atoms with E-state index in [0.29, 0.717) is 29.2 Å². The zero-order chi connectivity index (χ0) is 20.7. The van der Waals surface area contributed by atoms with Crippen LogP contribution in [0.5, 0.6) is 5.75 Å². The molecule has 3 saturated heterocycles. The number of benzene rings is 1. The molecule has 0 spiro atoms. The number of hydrogen-bond donors (Lipinski definition) is 4. The van der Waals surface area contributed by atoms with Crippen molar-refractivity contribution in [3.8, 4) is 17.0 Å². The smallest absolute Gasteiger partial charge is 0.169 e. The highest BCUT2D eigenvalue weighted by Crippen LogP contribution is 2.37. The number of aromatic hydroxyl groups is 1. The Morgan fingerprint density at radius 1 is 1.10 bits per heavy atom. The third-order valence-corrected chi connectivity index (χ3v) is 6.97. The van der Waals surface area contributed by atoms with E-state index in [0.717, 1.165) is 64.1 Å². The summed E-state index contributed by atoms with van der Waals surface area (Å²) in [6.45, 7) is 4.26. The summed E-state index contributed by atoms with van der Waals surface area (Å²) < 4.78 is 0. The summed E-state index contributed by atoms with van der Waals surface area (Å²) in [5, 5.41) is 33.0. The van der Waals surface area contributed by atoms with Crippen molar-refractivity contribution in [2.24, 2.45) is 0 Å². The van der Waals surface area contributed by atoms with Gasteiger partial charge in [0.15, 0.2) is 5.82 Å². The lowest BCUT2D eigenvalue weighted by molar-refractivity contribution is -0.0353. The minimum Gasteiger partial charge on any atom is -0.507 e. The Kier molecular flexibility index (Phi) is 5.00. The summed E-state index contributed by atoms with van der Waals surface area (Å²) in [5.74, 6) is 0.599. The number of phenols is 1. The Bertz CT molecular complexity index is 902. The first-order valence-electron chi connectivity index (χ1n) is 10.9. The lowest BCUT2D eigenvalue weighted by Gasteiger charge is -2.46. The van der Waals surface area contributed by atoms with Gasteiger partial charge in [0.05, 0.1) is 17.0 Å². The molecular formula is C22H30N6O2. The molecule has 0 amide bonds. The molecule has 1 aromatic carbocycles. The molecule has 3 fully saturated rings. The third-order valence-electron chi connectivity index (χ3n) is 6.97. The van der Waals surface area contributed by atoms with E-state index in [1.165, 1.54) is 0 Å². The number of aliphatic hydroxyl groups is 1. The van der Waals surface area contributed by atoms with Gasteiger partial charge < -0.3 is 26.2 Å². The van der Waals surface area contributed by atoms with Crippen molar-refractivity contribution >= 4 is 11.5 Å². The fourth-order valence-electron chi connectivity index (χ4n) is 5.30. The average Bonchev–Trinajstić information content (AvgIpc) is 2.96. The van der Waals surface area contributed by atoms with Crippen molar-refractivity contribution in [1.29, 1.82) is 0 Å². The van der Waals surface area contributed by atoms with Crippen LogP contribution >= 0.6 is 0 Å². The minimum atomic E-state index is -0.580. The minimum absolute atomic E-state index is 0.183. The van der Waals surface area contributed by atoms with Crippen LogP contribution in [-0.2, 0) is 0 Å². The molecular weight excluding hydrogens is 380 g/mol. The number of nitrogens with zero attached hydrogens (tertiary/aromatic N) is 4. The van der Waals surface area contributed by atoms with Crippen LogP contribution in [0.15, 0.2) is 30.3 Å². The lowest BCUT2D eigenvalue weighted by atomic mass is 9.91. The van der Waals surface area contributed by atoms with E-state index in [1.807, 2.05) is 18.2 Å². The highest BCUT2D eigenvalue weighted by atomic mass is 16.3. The largest absolute Gasteiger partial charge is 0.507 e. The van der Waals surface area contributed by atoms with Crippen molar-refractivity contribution in [3.63, 3.8) is 0 Å². The van der Waals surface area contributed by atoms with Crippen molar-refractivity contribution in [3.05, 3.63) is 30.3 Å². The maximum Gasteiger partial charge on any atom is 0.169 e. The van der Waals surface area contributed by atoms with E-state index in [4.69, 9.17) is 5.73 Å². The van der Waals surface area contributed by atoms with Gasteiger partial charge in [-0.15, -0.1) is 10.2 Å². The van der Waals surface area contributed by atoms with E-state index in [2.05, 4.69) is 25.3 Å². The fraction of sp³-hybridized carbons (Fsp3) is 0.545. The average molecular weight is 411 g/mol. The number of para-hydroxylation sites is 1. The Morgan fingerprint density at radius 3 is 2.50 bits per heavy atom. The second-order valence-electron chi connectivity index (χ2n) is 8.95. The zero-order valence-corrected chi connectivity index (χ0v) is 17.2. The number of fused-ring (bicyclic) bond motifs is 2. The van der Waals surface area contributed by atoms with E-state index in [1.54, 1.807) is 12.1 Å². The molecule has 2 atom stereocenters. The number of anilines is 2. The van der Waals surface area contributed by atoms with Crippen LogP contribution in [0.25, 0.3) is 11.3 Å². The van der Waals surface area contributed by atoms with Crippen molar-refractivity contribution in [2.75, 3.05) is 43.4 Å². The Labute approximate surface area is 176 Å². The molecule has 0 aliphatic carbocycles. The quantitative estimate of drug-likeness (QED) is 0.595. The van der Waals surface area contributed by atoms with Gasteiger partial charge in [-0.3, -0.25) is 4.90 Å². The first-order valence-corrected chi connectivity index (χ1v) is 10.9. The first kappa shape index (κ1) is 19.5. The molecule has 4 heterocycles. The summed E-state index contributed by atoms with van der Waals surface area (Å²) in [4.78, 5) is 4.83. The molecule has 3 aliphatic heterocycles. The van der Waals surface area contributed by atoms with Gasteiger partial charge in [0.2, 0.25) is 0 Å². The number of piperazine rings is 1. The van der Waals surface area contributed by atoms with Gasteiger partial charge in [0.1, 0.15) is 5.75 Å². The highest BCUT2D eigenvalue weighted by molar-refractivity contribution is 5.74. The molecule has 2 unspecified atom stereocenters. The summed E-state index contributed by atoms with van der Waals surface area (Å²) in [5.41, 5.74) is 7.79. The van der Waals surface area contributed by atoms with Gasteiger partial charge in [0.25, 0.3) is 0 Å². The van der Waals surface area contributed by atoms with Gasteiger partial charge >= 0.3 is 0 Å². The lowest BCUT2D eigenvalue weighted by Crippen LogP contribution is -2.59. The van der Waals surface area contributed by atoms with Crippen LogP contribution in [0.4, 0.5) is 11.5 Å². The third kappa shape index (κ3) is 3.59. The zero-order valence-electron chi connectivity index (χ0n) is 17.2. The molecule has 5 N–H and O–H groups in total. The van der Waals surface area contributed by atoms with Gasteiger partial charge in [-0.05, 0) is 57.0 Å². The number of hydrogen-bond acceptors (Lipinski definition) is 8. The maximum atomic E-state index is 11.0. The molecule has 3 aliphatic rings. The SMILES string of the molecule is Nc1nnc(-c2ccccc2O)cc1N1CC2CCC(C1)N2CC1(O)CCNCC1. The van der Waals surface area contributed by atoms with E-state index in [-0.39, 0.29) is 5.75 Å². The molecule has 160 valence electrons. The number of rotatable bonds is 4. The Morgan fingerprint density at radius 2 is 1.80 bits per heavy atom. The molecule has 0 radical (unpaired) electrons. The van der Waals surface area contributed by atoms with Crippen LogP contribution in [-0.4, -0.2) is 75.7 Å². The van der Waals surface area contributed by atoms with Crippen molar-refractivity contribution in [2.45, 2.75) is 43.4 Å². The van der Waals surface area contributed by atoms with Gasteiger partial charge in [-0.2, -0.15) is 0 Å². The van der Waals surface area contributed by atoms with Crippen molar-refractivity contribution in [1.82, 2.24) is 20.4 Å². The number of nitrogens with two attached hydrogens (primary N) is 1. The Balaban J connectivity index is 1.36. The summed E-state index contributed by atoms with van der Waals surface area (Å²) >= 11 is 0. The number of aromatic nitrogens is 2. The van der Waals surface area contributed by atoms with E-state index < -0.39 is 5.60 Å². The second-order valence-corrected chi connectivity index (χ2v) is 8.95. The molecule has 2 aromatic rings. The predicted molar refractivity (Wildman–Crippen MR) is 116 cm³/mol. The second kappa shape index (κ2) is 7.68. The number of nitrogens with one attached hydrogen (secondary N) is 1. The van der Waals surface area contributed by atoms with E-state index >= 15 is 0 Å². The topological polar surface area (TPSA) is 111 Å². The Hall–Kier alpha value is -2.42. The van der Waals surface area contributed by atoms with Gasteiger partial charge in [0, 0.05) is 37.3 Å². The molecule has 30 heavy (non-hydrogen) atoms. The molecule has 8 heteroatoms. The summed E-state index contributed by atoms with van der Waals surface area (Å²) in [6.07, 6.45) is 3.91.